The van der Waals surface area contributed by atoms with Gasteiger partial charge in [0, 0.05) is 11.6 Å². The first-order valence-electron chi connectivity index (χ1n) is 5.88. The van der Waals surface area contributed by atoms with Gasteiger partial charge in [-0.05, 0) is 6.07 Å². The van der Waals surface area contributed by atoms with E-state index >= 15 is 0 Å². The van der Waals surface area contributed by atoms with Crippen LogP contribution in [0.25, 0.3) is 0 Å². The summed E-state index contributed by atoms with van der Waals surface area (Å²) in [5.74, 6) is 0.273. The van der Waals surface area contributed by atoms with E-state index in [0.717, 1.165) is 11.3 Å². The van der Waals surface area contributed by atoms with Crippen molar-refractivity contribution in [2.75, 3.05) is 6.61 Å². The van der Waals surface area contributed by atoms with Crippen LogP contribution in [0.1, 0.15) is 27.9 Å². The van der Waals surface area contributed by atoms with Crippen LogP contribution in [-0.2, 0) is 6.54 Å². The van der Waals surface area contributed by atoms with E-state index in [0.29, 0.717) is 18.9 Å². The average Bonchev–Trinajstić information content (AvgIpc) is 3.03. The van der Waals surface area contributed by atoms with Crippen molar-refractivity contribution in [2.45, 2.75) is 12.6 Å². The second-order valence-electron chi connectivity index (χ2n) is 4.27. The Morgan fingerprint density at radius 3 is 3.11 bits per heavy atom. The molecule has 19 heavy (non-hydrogen) atoms. The van der Waals surface area contributed by atoms with Gasteiger partial charge in [-0.2, -0.15) is 0 Å². The Hall–Kier alpha value is -2.34. The standard InChI is InChI=1S/C13H12N2O4/c16-13(17)10-5-8(19-15-10)6-14-11-7-18-12-4-2-1-3-9(11)12/h1-5,11,14H,6-7H2,(H,16,17). The largest absolute Gasteiger partial charge is 0.491 e. The highest BCUT2D eigenvalue weighted by molar-refractivity contribution is 5.85. The summed E-state index contributed by atoms with van der Waals surface area (Å²) in [6, 6.07) is 9.30. The normalized spacial score (nSPS) is 16.9. The number of nitrogens with zero attached hydrogens (tertiary/aromatic N) is 1. The van der Waals surface area contributed by atoms with Gasteiger partial charge in [0.05, 0.1) is 12.6 Å². The van der Waals surface area contributed by atoms with E-state index in [1.807, 2.05) is 24.3 Å². The lowest BCUT2D eigenvalue weighted by atomic mass is 10.1. The molecule has 6 nitrogen and oxygen atoms in total. The van der Waals surface area contributed by atoms with Crippen LogP contribution in [0, 0.1) is 0 Å². The van der Waals surface area contributed by atoms with Crippen LogP contribution in [0.15, 0.2) is 34.9 Å². The van der Waals surface area contributed by atoms with Gasteiger partial charge in [-0.15, -0.1) is 0 Å². The third kappa shape index (κ3) is 2.30. The van der Waals surface area contributed by atoms with E-state index in [1.54, 1.807) is 0 Å². The minimum Gasteiger partial charge on any atom is -0.491 e. The summed E-state index contributed by atoms with van der Waals surface area (Å²) in [6.07, 6.45) is 0. The van der Waals surface area contributed by atoms with Gasteiger partial charge in [0.1, 0.15) is 12.4 Å². The fraction of sp³-hybridized carbons (Fsp3) is 0.231. The number of aromatic carboxylic acids is 1. The number of hydrogen-bond donors (Lipinski definition) is 2. The van der Waals surface area contributed by atoms with Gasteiger partial charge in [0.2, 0.25) is 0 Å². The SMILES string of the molecule is O=C(O)c1cc(CNC2COc3ccccc32)on1. The van der Waals surface area contributed by atoms with Gasteiger partial charge >= 0.3 is 5.97 Å². The highest BCUT2D eigenvalue weighted by atomic mass is 16.5. The molecule has 1 unspecified atom stereocenters. The molecule has 1 aliphatic heterocycles. The molecule has 0 radical (unpaired) electrons. The molecule has 0 amide bonds. The second kappa shape index (κ2) is 4.74. The maximum absolute atomic E-state index is 10.7. The molecule has 0 saturated heterocycles. The Kier molecular flexibility index (Phi) is 2.92. The van der Waals surface area contributed by atoms with E-state index in [1.165, 1.54) is 6.07 Å². The maximum Gasteiger partial charge on any atom is 0.358 e. The summed E-state index contributed by atoms with van der Waals surface area (Å²) in [4.78, 5) is 10.7. The molecule has 1 aromatic carbocycles. The monoisotopic (exact) mass is 260 g/mol. The summed E-state index contributed by atoms with van der Waals surface area (Å²) < 4.78 is 10.5. The van der Waals surface area contributed by atoms with Gasteiger partial charge in [-0.3, -0.25) is 5.32 Å². The average molecular weight is 260 g/mol. The fourth-order valence-corrected chi connectivity index (χ4v) is 2.05. The van der Waals surface area contributed by atoms with Crippen molar-refractivity contribution in [1.29, 1.82) is 0 Å². The Morgan fingerprint density at radius 1 is 1.47 bits per heavy atom. The number of hydrogen-bond acceptors (Lipinski definition) is 5. The highest BCUT2D eigenvalue weighted by Gasteiger charge is 2.23. The van der Waals surface area contributed by atoms with Crippen LogP contribution < -0.4 is 10.1 Å². The topological polar surface area (TPSA) is 84.6 Å². The number of fused-ring (bicyclic) bond motifs is 1. The molecule has 3 rings (SSSR count). The van der Waals surface area contributed by atoms with Crippen LogP contribution in [0.4, 0.5) is 0 Å². The number of para-hydroxylation sites is 1. The van der Waals surface area contributed by atoms with E-state index < -0.39 is 5.97 Å². The lowest BCUT2D eigenvalue weighted by Gasteiger charge is -2.09. The second-order valence-corrected chi connectivity index (χ2v) is 4.27. The number of benzene rings is 1. The first kappa shape index (κ1) is 11.7. The van der Waals surface area contributed by atoms with E-state index in [4.69, 9.17) is 14.4 Å². The third-order valence-electron chi connectivity index (χ3n) is 3.00. The summed E-state index contributed by atoms with van der Waals surface area (Å²) in [5, 5.41) is 15.5. The van der Waals surface area contributed by atoms with Crippen molar-refractivity contribution < 1.29 is 19.2 Å². The first-order chi connectivity index (χ1) is 9.24. The molecule has 2 N–H and O–H groups in total. The Balaban J connectivity index is 1.65. The van der Waals surface area contributed by atoms with Crippen LogP contribution in [-0.4, -0.2) is 22.8 Å². The number of carboxylic acids is 1. The number of ether oxygens (including phenoxy) is 1. The molecule has 98 valence electrons. The molecule has 1 atom stereocenters. The number of rotatable bonds is 4. The summed E-state index contributed by atoms with van der Waals surface area (Å²) in [5.41, 5.74) is 1.01. The van der Waals surface area contributed by atoms with Crippen molar-refractivity contribution in [2.24, 2.45) is 0 Å². The number of carboxylic acid groups (broad SMARTS) is 1. The van der Waals surface area contributed by atoms with Crippen LogP contribution in [0.2, 0.25) is 0 Å². The minimum absolute atomic E-state index is 0.0783. The van der Waals surface area contributed by atoms with Gasteiger partial charge < -0.3 is 14.4 Å². The van der Waals surface area contributed by atoms with Gasteiger partial charge in [-0.1, -0.05) is 23.4 Å². The van der Waals surface area contributed by atoms with Crippen LogP contribution in [0.5, 0.6) is 5.75 Å². The molecule has 0 saturated carbocycles. The molecule has 2 aromatic rings. The fourth-order valence-electron chi connectivity index (χ4n) is 2.05. The number of nitrogens with one attached hydrogen (secondary N) is 1. The molecular weight excluding hydrogens is 248 g/mol. The third-order valence-corrected chi connectivity index (χ3v) is 3.00. The lowest BCUT2D eigenvalue weighted by Crippen LogP contribution is -2.21. The first-order valence-corrected chi connectivity index (χ1v) is 5.88. The van der Waals surface area contributed by atoms with Gasteiger partial charge in [0.15, 0.2) is 11.5 Å². The van der Waals surface area contributed by atoms with Crippen LogP contribution >= 0.6 is 0 Å². The van der Waals surface area contributed by atoms with E-state index in [9.17, 15) is 4.79 Å². The Labute approximate surface area is 109 Å². The number of carbonyl (C=O) groups is 1. The predicted molar refractivity (Wildman–Crippen MR) is 65.0 cm³/mol. The summed E-state index contributed by atoms with van der Waals surface area (Å²) in [7, 11) is 0. The molecular formula is C13H12N2O4. The molecule has 0 spiro atoms. The zero-order valence-corrected chi connectivity index (χ0v) is 10.00. The van der Waals surface area contributed by atoms with E-state index in [2.05, 4.69) is 10.5 Å². The van der Waals surface area contributed by atoms with Crippen molar-refractivity contribution >= 4 is 5.97 Å². The van der Waals surface area contributed by atoms with Crippen molar-refractivity contribution in [3.05, 3.63) is 47.3 Å². The highest BCUT2D eigenvalue weighted by Crippen LogP contribution is 2.31. The number of aromatic nitrogens is 1. The molecule has 0 aliphatic carbocycles. The zero-order valence-electron chi connectivity index (χ0n) is 10.00. The molecule has 2 heterocycles. The molecule has 1 aliphatic rings. The Morgan fingerprint density at radius 2 is 2.32 bits per heavy atom. The van der Waals surface area contributed by atoms with Crippen molar-refractivity contribution in [1.82, 2.24) is 10.5 Å². The molecule has 1 aromatic heterocycles. The minimum atomic E-state index is -1.09. The van der Waals surface area contributed by atoms with Gasteiger partial charge in [-0.25, -0.2) is 4.79 Å². The van der Waals surface area contributed by atoms with Gasteiger partial charge in [0.25, 0.3) is 0 Å². The molecule has 0 bridgehead atoms. The van der Waals surface area contributed by atoms with Crippen molar-refractivity contribution in [3.63, 3.8) is 0 Å². The predicted octanol–water partition coefficient (Wildman–Crippen LogP) is 1.60. The smallest absolute Gasteiger partial charge is 0.358 e. The van der Waals surface area contributed by atoms with Crippen molar-refractivity contribution in [3.8, 4) is 5.75 Å². The van der Waals surface area contributed by atoms with Crippen LogP contribution in [0.3, 0.4) is 0 Å². The zero-order chi connectivity index (χ0) is 13.2. The van der Waals surface area contributed by atoms with E-state index in [-0.39, 0.29) is 11.7 Å². The Bertz CT molecular complexity index is 608. The summed E-state index contributed by atoms with van der Waals surface area (Å²) >= 11 is 0. The summed E-state index contributed by atoms with van der Waals surface area (Å²) in [6.45, 7) is 0.960. The molecule has 6 heteroatoms. The quantitative estimate of drug-likeness (QED) is 0.868. The molecule has 0 fully saturated rings. The maximum atomic E-state index is 10.7. The lowest BCUT2D eigenvalue weighted by molar-refractivity contribution is 0.0685.